The van der Waals surface area contributed by atoms with Crippen molar-refractivity contribution < 1.29 is 4.74 Å². The second-order valence-electron chi connectivity index (χ2n) is 6.53. The van der Waals surface area contributed by atoms with Crippen LogP contribution in [0.1, 0.15) is 35.5 Å². The Labute approximate surface area is 165 Å². The summed E-state index contributed by atoms with van der Waals surface area (Å²) < 4.78 is 8.18. The average molecular weight is 380 g/mol. The van der Waals surface area contributed by atoms with Crippen molar-refractivity contribution in [3.8, 4) is 5.75 Å². The van der Waals surface area contributed by atoms with Gasteiger partial charge in [0.1, 0.15) is 5.75 Å². The number of rotatable bonds is 8. The molecule has 1 heterocycles. The predicted octanol–water partition coefficient (Wildman–Crippen LogP) is 5.51. The maximum atomic E-state index is 6.10. The van der Waals surface area contributed by atoms with Crippen molar-refractivity contribution >= 4 is 11.8 Å². The van der Waals surface area contributed by atoms with E-state index in [0.29, 0.717) is 6.54 Å². The summed E-state index contributed by atoms with van der Waals surface area (Å²) in [6.07, 6.45) is 1.66. The zero-order chi connectivity index (χ0) is 19.2. The smallest absolute Gasteiger partial charge is 0.191 e. The first kappa shape index (κ1) is 19.2. The number of nitrogens with zero attached hydrogens (tertiary/aromatic N) is 3. The van der Waals surface area contributed by atoms with Crippen molar-refractivity contribution in [1.82, 2.24) is 14.8 Å². The van der Waals surface area contributed by atoms with Gasteiger partial charge in [0.2, 0.25) is 0 Å². The van der Waals surface area contributed by atoms with Gasteiger partial charge in [-0.2, -0.15) is 0 Å². The van der Waals surface area contributed by atoms with E-state index in [0.717, 1.165) is 22.5 Å². The minimum atomic E-state index is -0.202. The Morgan fingerprint density at radius 2 is 1.96 bits per heavy atom. The Balaban J connectivity index is 1.77. The van der Waals surface area contributed by atoms with Crippen molar-refractivity contribution in [2.75, 3.05) is 0 Å². The molecule has 0 saturated carbocycles. The maximum Gasteiger partial charge on any atom is 0.191 e. The van der Waals surface area contributed by atoms with Gasteiger partial charge in [-0.3, -0.25) is 4.57 Å². The average Bonchev–Trinajstić information content (AvgIpc) is 3.04. The molecule has 0 saturated heterocycles. The largest absolute Gasteiger partial charge is 0.483 e. The lowest BCUT2D eigenvalue weighted by Crippen LogP contribution is -2.12. The molecule has 0 amide bonds. The lowest BCUT2D eigenvalue weighted by atomic mass is 10.1. The lowest BCUT2D eigenvalue weighted by Gasteiger charge is -2.16. The Morgan fingerprint density at radius 3 is 2.70 bits per heavy atom. The number of benzene rings is 2. The van der Waals surface area contributed by atoms with E-state index in [2.05, 4.69) is 65.5 Å². The fourth-order valence-corrected chi connectivity index (χ4v) is 3.90. The van der Waals surface area contributed by atoms with Crippen LogP contribution in [0.2, 0.25) is 0 Å². The topological polar surface area (TPSA) is 39.9 Å². The summed E-state index contributed by atoms with van der Waals surface area (Å²) in [5, 5.41) is 9.70. The third kappa shape index (κ3) is 4.80. The van der Waals surface area contributed by atoms with Crippen molar-refractivity contribution in [3.63, 3.8) is 0 Å². The summed E-state index contributed by atoms with van der Waals surface area (Å²) in [4.78, 5) is 0. The first-order valence-corrected chi connectivity index (χ1v) is 10.0. The van der Waals surface area contributed by atoms with Gasteiger partial charge in [-0.15, -0.1) is 16.8 Å². The van der Waals surface area contributed by atoms with Gasteiger partial charge in [-0.1, -0.05) is 54.2 Å². The zero-order valence-corrected chi connectivity index (χ0v) is 16.9. The van der Waals surface area contributed by atoms with E-state index in [1.54, 1.807) is 11.8 Å². The SMILES string of the molecule is C=CCn1c(SCc2ccccc2C)nnc1C(C)Oc1cccc(C)c1. The highest BCUT2D eigenvalue weighted by molar-refractivity contribution is 7.98. The van der Waals surface area contributed by atoms with Gasteiger partial charge in [0, 0.05) is 12.3 Å². The van der Waals surface area contributed by atoms with Gasteiger partial charge in [-0.25, -0.2) is 0 Å². The molecule has 3 rings (SSSR count). The van der Waals surface area contributed by atoms with Gasteiger partial charge in [0.05, 0.1) is 0 Å². The Bertz CT molecular complexity index is 919. The molecule has 140 valence electrons. The molecule has 2 aromatic carbocycles. The highest BCUT2D eigenvalue weighted by Crippen LogP contribution is 2.27. The van der Waals surface area contributed by atoms with Crippen molar-refractivity contribution in [2.24, 2.45) is 0 Å². The number of aryl methyl sites for hydroxylation is 2. The van der Waals surface area contributed by atoms with Gasteiger partial charge in [0.25, 0.3) is 0 Å². The van der Waals surface area contributed by atoms with E-state index >= 15 is 0 Å². The summed E-state index contributed by atoms with van der Waals surface area (Å²) >= 11 is 1.69. The molecule has 4 nitrogen and oxygen atoms in total. The normalized spacial score (nSPS) is 12.0. The van der Waals surface area contributed by atoms with Crippen LogP contribution in [-0.4, -0.2) is 14.8 Å². The quantitative estimate of drug-likeness (QED) is 0.382. The van der Waals surface area contributed by atoms with E-state index in [1.165, 1.54) is 16.7 Å². The minimum absolute atomic E-state index is 0.202. The molecular formula is C22H25N3OS. The fraction of sp³-hybridized carbons (Fsp3) is 0.273. The third-order valence-electron chi connectivity index (χ3n) is 4.34. The fourth-order valence-electron chi connectivity index (χ4n) is 2.87. The molecule has 0 aliphatic rings. The molecule has 0 radical (unpaired) electrons. The van der Waals surface area contributed by atoms with Crippen LogP contribution in [0.3, 0.4) is 0 Å². The molecule has 1 unspecified atom stereocenters. The highest BCUT2D eigenvalue weighted by atomic mass is 32.2. The molecule has 1 aromatic heterocycles. The molecule has 0 N–H and O–H groups in total. The lowest BCUT2D eigenvalue weighted by molar-refractivity contribution is 0.210. The van der Waals surface area contributed by atoms with E-state index in [9.17, 15) is 0 Å². The molecule has 5 heteroatoms. The van der Waals surface area contributed by atoms with Gasteiger partial charge in [0.15, 0.2) is 17.1 Å². The molecule has 0 aliphatic heterocycles. The Hall–Kier alpha value is -2.53. The molecule has 0 aliphatic carbocycles. The number of hydrogen-bond donors (Lipinski definition) is 0. The van der Waals surface area contributed by atoms with Crippen molar-refractivity contribution in [1.29, 1.82) is 0 Å². The monoisotopic (exact) mass is 379 g/mol. The van der Waals surface area contributed by atoms with Crippen LogP contribution in [0.4, 0.5) is 0 Å². The van der Waals surface area contributed by atoms with E-state index in [-0.39, 0.29) is 6.10 Å². The van der Waals surface area contributed by atoms with E-state index in [4.69, 9.17) is 4.74 Å². The summed E-state index contributed by atoms with van der Waals surface area (Å²) in [5.74, 6) is 2.50. The van der Waals surface area contributed by atoms with Gasteiger partial charge < -0.3 is 4.74 Å². The molecule has 0 bridgehead atoms. The highest BCUT2D eigenvalue weighted by Gasteiger charge is 2.19. The standard InChI is InChI=1S/C22H25N3OS/c1-5-13-25-21(18(4)26-20-12-8-9-16(2)14-20)23-24-22(25)27-15-19-11-7-6-10-17(19)3/h5-12,14,18H,1,13,15H2,2-4H3. The van der Waals surface area contributed by atoms with Gasteiger partial charge in [-0.05, 0) is 49.6 Å². The van der Waals surface area contributed by atoms with Crippen LogP contribution < -0.4 is 4.74 Å². The van der Waals surface area contributed by atoms with E-state index in [1.807, 2.05) is 31.2 Å². The number of hydrogen-bond acceptors (Lipinski definition) is 4. The number of allylic oxidation sites excluding steroid dienone is 1. The Morgan fingerprint density at radius 1 is 1.15 bits per heavy atom. The molecule has 1 atom stereocenters. The second kappa shape index (κ2) is 8.91. The molecule has 27 heavy (non-hydrogen) atoms. The van der Waals surface area contributed by atoms with Crippen LogP contribution in [0.15, 0.2) is 66.3 Å². The number of aromatic nitrogens is 3. The summed E-state index contributed by atoms with van der Waals surface area (Å²) in [6, 6.07) is 16.5. The Kier molecular flexibility index (Phi) is 6.35. The minimum Gasteiger partial charge on any atom is -0.483 e. The van der Waals surface area contributed by atoms with Crippen LogP contribution in [0, 0.1) is 13.8 Å². The number of ether oxygens (including phenoxy) is 1. The maximum absolute atomic E-state index is 6.10. The predicted molar refractivity (Wildman–Crippen MR) is 111 cm³/mol. The summed E-state index contributed by atoms with van der Waals surface area (Å²) in [6.45, 7) is 10.7. The molecule has 0 fully saturated rings. The molecule has 3 aromatic rings. The first-order valence-electron chi connectivity index (χ1n) is 9.03. The number of thioether (sulfide) groups is 1. The second-order valence-corrected chi connectivity index (χ2v) is 7.47. The van der Waals surface area contributed by atoms with Crippen LogP contribution >= 0.6 is 11.8 Å². The molecular weight excluding hydrogens is 354 g/mol. The molecule has 0 spiro atoms. The van der Waals surface area contributed by atoms with Crippen LogP contribution in [0.25, 0.3) is 0 Å². The zero-order valence-electron chi connectivity index (χ0n) is 16.1. The summed E-state index contributed by atoms with van der Waals surface area (Å²) in [5.41, 5.74) is 3.76. The van der Waals surface area contributed by atoms with Gasteiger partial charge >= 0.3 is 0 Å². The first-order chi connectivity index (χ1) is 13.1. The van der Waals surface area contributed by atoms with Crippen LogP contribution in [0.5, 0.6) is 5.75 Å². The van der Waals surface area contributed by atoms with Crippen molar-refractivity contribution in [3.05, 3.63) is 83.7 Å². The van der Waals surface area contributed by atoms with E-state index < -0.39 is 0 Å². The van der Waals surface area contributed by atoms with Crippen molar-refractivity contribution in [2.45, 2.75) is 44.3 Å². The van der Waals surface area contributed by atoms with Crippen LogP contribution in [-0.2, 0) is 12.3 Å². The summed E-state index contributed by atoms with van der Waals surface area (Å²) in [7, 11) is 0. The third-order valence-corrected chi connectivity index (χ3v) is 5.36.